The van der Waals surface area contributed by atoms with E-state index >= 15 is 0 Å². The van der Waals surface area contributed by atoms with Crippen LogP contribution in [0.1, 0.15) is 40.7 Å². The molecule has 0 spiro atoms. The Hall–Kier alpha value is -1.02. The molecule has 1 N–H and O–H groups in total. The minimum absolute atomic E-state index is 0.0290. The highest BCUT2D eigenvalue weighted by atomic mass is 35.5. The topological polar surface area (TPSA) is 29.1 Å². The van der Waals surface area contributed by atoms with Gasteiger partial charge in [0, 0.05) is 17.5 Å². The van der Waals surface area contributed by atoms with E-state index in [0.717, 1.165) is 29.5 Å². The summed E-state index contributed by atoms with van der Waals surface area (Å²) in [5.74, 6) is 0.460. The van der Waals surface area contributed by atoms with Crippen molar-refractivity contribution in [3.63, 3.8) is 0 Å². The van der Waals surface area contributed by atoms with E-state index in [4.69, 9.17) is 11.6 Å². The van der Waals surface area contributed by atoms with Crippen LogP contribution in [-0.2, 0) is 0 Å². The molecule has 1 aliphatic rings. The summed E-state index contributed by atoms with van der Waals surface area (Å²) < 4.78 is 0. The standard InChI is InChI=1S/C15H20ClNO/c1-10-5-3-6-11(2)14(10)15(18)17-9-12-7-4-8-13(12)16/h3,5-6,12-13H,4,7-9H2,1-2H3,(H,17,18). The van der Waals surface area contributed by atoms with E-state index in [1.165, 1.54) is 6.42 Å². The summed E-state index contributed by atoms with van der Waals surface area (Å²) in [6, 6.07) is 5.93. The number of aryl methyl sites for hydroxylation is 2. The van der Waals surface area contributed by atoms with E-state index < -0.39 is 0 Å². The largest absolute Gasteiger partial charge is 0.352 e. The molecule has 0 aromatic heterocycles. The molecule has 1 aromatic rings. The fraction of sp³-hybridized carbons (Fsp3) is 0.533. The third-order valence-corrected chi connectivity index (χ3v) is 4.37. The molecule has 0 radical (unpaired) electrons. The summed E-state index contributed by atoms with van der Waals surface area (Å²) >= 11 is 6.22. The maximum atomic E-state index is 12.2. The number of halogens is 1. The van der Waals surface area contributed by atoms with E-state index in [1.54, 1.807) is 0 Å². The van der Waals surface area contributed by atoms with Crippen LogP contribution in [0.2, 0.25) is 0 Å². The smallest absolute Gasteiger partial charge is 0.251 e. The van der Waals surface area contributed by atoms with Gasteiger partial charge < -0.3 is 5.32 Å². The van der Waals surface area contributed by atoms with Crippen molar-refractivity contribution in [3.8, 4) is 0 Å². The van der Waals surface area contributed by atoms with Gasteiger partial charge in [-0.15, -0.1) is 11.6 Å². The van der Waals surface area contributed by atoms with Crippen LogP contribution >= 0.6 is 11.6 Å². The zero-order chi connectivity index (χ0) is 13.1. The fourth-order valence-corrected chi connectivity index (χ4v) is 3.08. The molecule has 2 unspecified atom stereocenters. The highest BCUT2D eigenvalue weighted by molar-refractivity contribution is 6.21. The van der Waals surface area contributed by atoms with E-state index in [1.807, 2.05) is 32.0 Å². The van der Waals surface area contributed by atoms with Gasteiger partial charge in [-0.3, -0.25) is 4.79 Å². The van der Waals surface area contributed by atoms with Gasteiger partial charge in [0.05, 0.1) is 0 Å². The van der Waals surface area contributed by atoms with Gasteiger partial charge in [-0.05, 0) is 43.7 Å². The lowest BCUT2D eigenvalue weighted by molar-refractivity contribution is 0.0946. The Morgan fingerprint density at radius 2 is 2.00 bits per heavy atom. The van der Waals surface area contributed by atoms with E-state index in [2.05, 4.69) is 5.32 Å². The molecule has 1 fully saturated rings. The zero-order valence-corrected chi connectivity index (χ0v) is 11.8. The van der Waals surface area contributed by atoms with Crippen LogP contribution in [0, 0.1) is 19.8 Å². The first-order valence-electron chi connectivity index (χ1n) is 6.58. The number of hydrogen-bond donors (Lipinski definition) is 1. The maximum Gasteiger partial charge on any atom is 0.251 e. The van der Waals surface area contributed by atoms with Crippen LogP contribution in [0.5, 0.6) is 0 Å². The Morgan fingerprint density at radius 3 is 2.56 bits per heavy atom. The highest BCUT2D eigenvalue weighted by Crippen LogP contribution is 2.29. The quantitative estimate of drug-likeness (QED) is 0.834. The molecule has 1 saturated carbocycles. The molecule has 3 heteroatoms. The van der Waals surface area contributed by atoms with Crippen molar-refractivity contribution < 1.29 is 4.79 Å². The summed E-state index contributed by atoms with van der Waals surface area (Å²) in [4.78, 5) is 12.2. The molecule has 0 saturated heterocycles. The predicted octanol–water partition coefficient (Wildman–Crippen LogP) is 3.44. The number of hydrogen-bond acceptors (Lipinski definition) is 1. The second-order valence-corrected chi connectivity index (χ2v) is 5.74. The lowest BCUT2D eigenvalue weighted by atomic mass is 10.0. The number of nitrogens with one attached hydrogen (secondary N) is 1. The molecule has 1 aliphatic carbocycles. The molecular weight excluding hydrogens is 246 g/mol. The Bertz CT molecular complexity index is 424. The molecule has 0 heterocycles. The van der Waals surface area contributed by atoms with E-state index in [0.29, 0.717) is 12.5 Å². The van der Waals surface area contributed by atoms with Gasteiger partial charge in [-0.25, -0.2) is 0 Å². The summed E-state index contributed by atoms with van der Waals surface area (Å²) in [6.45, 7) is 4.64. The normalized spacial score (nSPS) is 23.1. The number of rotatable bonds is 3. The number of carbonyl (C=O) groups is 1. The van der Waals surface area contributed by atoms with Gasteiger partial charge in [0.15, 0.2) is 0 Å². The molecular formula is C15H20ClNO. The Kier molecular flexibility index (Phi) is 4.28. The summed E-state index contributed by atoms with van der Waals surface area (Å²) in [6.07, 6.45) is 3.38. The van der Waals surface area contributed by atoms with Gasteiger partial charge in [-0.1, -0.05) is 24.6 Å². The van der Waals surface area contributed by atoms with Crippen LogP contribution < -0.4 is 5.32 Å². The molecule has 2 rings (SSSR count). The zero-order valence-electron chi connectivity index (χ0n) is 11.0. The molecule has 0 bridgehead atoms. The first-order chi connectivity index (χ1) is 8.59. The van der Waals surface area contributed by atoms with Crippen molar-refractivity contribution in [2.24, 2.45) is 5.92 Å². The van der Waals surface area contributed by atoms with Crippen molar-refractivity contribution in [1.82, 2.24) is 5.32 Å². The fourth-order valence-electron chi connectivity index (χ4n) is 2.71. The SMILES string of the molecule is Cc1cccc(C)c1C(=O)NCC1CCCC1Cl. The van der Waals surface area contributed by atoms with Gasteiger partial charge >= 0.3 is 0 Å². The monoisotopic (exact) mass is 265 g/mol. The van der Waals surface area contributed by atoms with Crippen LogP contribution in [0.15, 0.2) is 18.2 Å². The molecule has 0 aliphatic heterocycles. The van der Waals surface area contributed by atoms with Gasteiger partial charge in [0.25, 0.3) is 5.91 Å². The first kappa shape index (κ1) is 13.4. The number of carbonyl (C=O) groups excluding carboxylic acids is 1. The van der Waals surface area contributed by atoms with Crippen molar-refractivity contribution >= 4 is 17.5 Å². The number of benzene rings is 1. The number of alkyl halides is 1. The molecule has 18 heavy (non-hydrogen) atoms. The average Bonchev–Trinajstić information content (AvgIpc) is 2.72. The molecule has 1 aromatic carbocycles. The third-order valence-electron chi connectivity index (χ3n) is 3.80. The summed E-state index contributed by atoms with van der Waals surface area (Å²) in [7, 11) is 0. The van der Waals surface area contributed by atoms with Gasteiger partial charge in [0.2, 0.25) is 0 Å². The third kappa shape index (κ3) is 2.86. The van der Waals surface area contributed by atoms with Crippen molar-refractivity contribution in [1.29, 1.82) is 0 Å². The Balaban J connectivity index is 1.99. The first-order valence-corrected chi connectivity index (χ1v) is 7.01. The van der Waals surface area contributed by atoms with Gasteiger partial charge in [-0.2, -0.15) is 0 Å². The summed E-state index contributed by atoms with van der Waals surface area (Å²) in [5.41, 5.74) is 2.87. The highest BCUT2D eigenvalue weighted by Gasteiger charge is 2.25. The van der Waals surface area contributed by atoms with E-state index in [9.17, 15) is 4.79 Å². The van der Waals surface area contributed by atoms with Crippen molar-refractivity contribution in [3.05, 3.63) is 34.9 Å². The maximum absolute atomic E-state index is 12.2. The molecule has 2 atom stereocenters. The van der Waals surface area contributed by atoms with Crippen LogP contribution in [0.3, 0.4) is 0 Å². The lowest BCUT2D eigenvalue weighted by Gasteiger charge is -2.16. The lowest BCUT2D eigenvalue weighted by Crippen LogP contribution is -2.31. The van der Waals surface area contributed by atoms with E-state index in [-0.39, 0.29) is 11.3 Å². The molecule has 98 valence electrons. The Labute approximate surface area is 114 Å². The second-order valence-electron chi connectivity index (χ2n) is 5.18. The van der Waals surface area contributed by atoms with Crippen LogP contribution in [-0.4, -0.2) is 17.8 Å². The average molecular weight is 266 g/mol. The van der Waals surface area contributed by atoms with Crippen molar-refractivity contribution in [2.45, 2.75) is 38.5 Å². The second kappa shape index (κ2) is 5.75. The molecule has 1 amide bonds. The molecule has 2 nitrogen and oxygen atoms in total. The minimum Gasteiger partial charge on any atom is -0.352 e. The van der Waals surface area contributed by atoms with Crippen molar-refractivity contribution in [2.75, 3.05) is 6.54 Å². The Morgan fingerprint density at radius 1 is 1.33 bits per heavy atom. The van der Waals surface area contributed by atoms with Crippen LogP contribution in [0.4, 0.5) is 0 Å². The van der Waals surface area contributed by atoms with Crippen LogP contribution in [0.25, 0.3) is 0 Å². The summed E-state index contributed by atoms with van der Waals surface area (Å²) in [5, 5.41) is 3.25. The minimum atomic E-state index is 0.0290. The number of amides is 1. The predicted molar refractivity (Wildman–Crippen MR) is 75.2 cm³/mol. The van der Waals surface area contributed by atoms with Gasteiger partial charge in [0.1, 0.15) is 0 Å².